The minimum atomic E-state index is -0.202. The summed E-state index contributed by atoms with van der Waals surface area (Å²) in [4.78, 5) is 17.3. The Kier molecular flexibility index (Phi) is 5.48. The number of aryl methyl sites for hydroxylation is 1. The van der Waals surface area contributed by atoms with Gasteiger partial charge in [-0.1, -0.05) is 19.1 Å². The lowest BCUT2D eigenvalue weighted by molar-refractivity contribution is 0.102. The van der Waals surface area contributed by atoms with Gasteiger partial charge in [0.25, 0.3) is 5.91 Å². The monoisotopic (exact) mass is 362 g/mol. The number of piperidine rings is 1. The zero-order valence-electron chi connectivity index (χ0n) is 15.3. The van der Waals surface area contributed by atoms with E-state index in [4.69, 9.17) is 0 Å². The molecule has 8 heteroatoms. The van der Waals surface area contributed by atoms with Gasteiger partial charge in [-0.3, -0.25) is 4.79 Å². The van der Waals surface area contributed by atoms with Crippen LogP contribution in [0.15, 0.2) is 0 Å². The molecule has 1 aliphatic rings. The maximum Gasteiger partial charge on any atom is 0.278 e. The highest BCUT2D eigenvalue weighted by Gasteiger charge is 2.24. The lowest BCUT2D eigenvalue weighted by Gasteiger charge is -2.23. The fraction of sp³-hybridized carbons (Fsp3) is 0.647. The highest BCUT2D eigenvalue weighted by Crippen LogP contribution is 2.27. The van der Waals surface area contributed by atoms with Crippen molar-refractivity contribution in [2.75, 3.05) is 18.4 Å². The van der Waals surface area contributed by atoms with E-state index in [1.807, 2.05) is 18.5 Å². The standard InChI is InChI=1S/C17H26N6OS/c1-10(2)9-14-17(25-12(4)19-14)20-16(24)15-11(3)23(22-21-15)13-5-7-18-8-6-13/h10,13,18H,5-9H2,1-4H3,(H,20,24). The molecule has 0 spiro atoms. The molecule has 0 bridgehead atoms. The third-order valence-electron chi connectivity index (χ3n) is 4.43. The molecule has 1 amide bonds. The molecule has 136 valence electrons. The summed E-state index contributed by atoms with van der Waals surface area (Å²) in [5.74, 6) is 0.283. The van der Waals surface area contributed by atoms with Crippen molar-refractivity contribution in [3.05, 3.63) is 22.1 Å². The first kappa shape index (κ1) is 18.0. The second kappa shape index (κ2) is 7.61. The molecule has 25 heavy (non-hydrogen) atoms. The van der Waals surface area contributed by atoms with Crippen LogP contribution >= 0.6 is 11.3 Å². The van der Waals surface area contributed by atoms with Crippen LogP contribution in [0, 0.1) is 19.8 Å². The van der Waals surface area contributed by atoms with Crippen molar-refractivity contribution in [3.63, 3.8) is 0 Å². The molecule has 3 heterocycles. The number of anilines is 1. The zero-order valence-corrected chi connectivity index (χ0v) is 16.1. The molecule has 0 atom stereocenters. The summed E-state index contributed by atoms with van der Waals surface area (Å²) in [7, 11) is 0. The Morgan fingerprint density at radius 1 is 1.36 bits per heavy atom. The van der Waals surface area contributed by atoms with Crippen molar-refractivity contribution >= 4 is 22.2 Å². The molecule has 2 aromatic rings. The summed E-state index contributed by atoms with van der Waals surface area (Å²) in [5.41, 5.74) is 2.19. The van der Waals surface area contributed by atoms with Crippen LogP contribution in [0.2, 0.25) is 0 Å². The van der Waals surface area contributed by atoms with Crippen molar-refractivity contribution in [1.29, 1.82) is 0 Å². The molecule has 0 aliphatic carbocycles. The first-order chi connectivity index (χ1) is 12.0. The lowest BCUT2D eigenvalue weighted by Crippen LogP contribution is -2.30. The minimum Gasteiger partial charge on any atom is -0.317 e. The second-order valence-electron chi connectivity index (χ2n) is 7.01. The van der Waals surface area contributed by atoms with E-state index in [1.165, 1.54) is 11.3 Å². The van der Waals surface area contributed by atoms with Gasteiger partial charge in [0.15, 0.2) is 5.69 Å². The van der Waals surface area contributed by atoms with Gasteiger partial charge < -0.3 is 10.6 Å². The normalized spacial score (nSPS) is 15.7. The molecule has 0 aromatic carbocycles. The Morgan fingerprint density at radius 3 is 2.76 bits per heavy atom. The Labute approximate surface area is 152 Å². The number of carbonyl (C=O) groups excluding carboxylic acids is 1. The summed E-state index contributed by atoms with van der Waals surface area (Å²) in [6.45, 7) is 10.1. The van der Waals surface area contributed by atoms with Crippen molar-refractivity contribution < 1.29 is 4.79 Å². The van der Waals surface area contributed by atoms with Gasteiger partial charge >= 0.3 is 0 Å². The highest BCUT2D eigenvalue weighted by atomic mass is 32.1. The van der Waals surface area contributed by atoms with E-state index in [0.29, 0.717) is 17.7 Å². The Balaban J connectivity index is 1.77. The van der Waals surface area contributed by atoms with E-state index in [1.54, 1.807) is 0 Å². The number of rotatable bonds is 5. The molecule has 0 unspecified atom stereocenters. The van der Waals surface area contributed by atoms with Gasteiger partial charge in [0, 0.05) is 0 Å². The summed E-state index contributed by atoms with van der Waals surface area (Å²) in [6, 6.07) is 0.317. The van der Waals surface area contributed by atoms with Gasteiger partial charge in [0.1, 0.15) is 5.00 Å². The van der Waals surface area contributed by atoms with Gasteiger partial charge in [0.2, 0.25) is 0 Å². The van der Waals surface area contributed by atoms with Crippen LogP contribution in [0.3, 0.4) is 0 Å². The average molecular weight is 363 g/mol. The number of carbonyl (C=O) groups is 1. The summed E-state index contributed by atoms with van der Waals surface area (Å²) in [6.07, 6.45) is 2.87. The Bertz CT molecular complexity index is 744. The van der Waals surface area contributed by atoms with Crippen LogP contribution in [0.4, 0.5) is 5.00 Å². The molecule has 2 aromatic heterocycles. The molecule has 0 radical (unpaired) electrons. The number of nitrogens with zero attached hydrogens (tertiary/aromatic N) is 4. The molecule has 3 rings (SSSR count). The summed E-state index contributed by atoms with van der Waals surface area (Å²) in [5, 5.41) is 16.5. The summed E-state index contributed by atoms with van der Waals surface area (Å²) < 4.78 is 1.91. The smallest absolute Gasteiger partial charge is 0.278 e. The van der Waals surface area contributed by atoms with Crippen LogP contribution < -0.4 is 10.6 Å². The number of hydrogen-bond acceptors (Lipinski definition) is 6. The van der Waals surface area contributed by atoms with Gasteiger partial charge in [-0.2, -0.15) is 0 Å². The predicted octanol–water partition coefficient (Wildman–Crippen LogP) is 2.73. The Morgan fingerprint density at radius 2 is 2.08 bits per heavy atom. The number of thiazole rings is 1. The minimum absolute atomic E-state index is 0.202. The third-order valence-corrected chi connectivity index (χ3v) is 5.36. The third kappa shape index (κ3) is 4.07. The SMILES string of the molecule is Cc1nc(CC(C)C)c(NC(=O)c2nnn(C3CCNCC3)c2C)s1. The predicted molar refractivity (Wildman–Crippen MR) is 99.2 cm³/mol. The van der Waals surface area contributed by atoms with Crippen molar-refractivity contribution in [1.82, 2.24) is 25.3 Å². The van der Waals surface area contributed by atoms with Gasteiger partial charge in [-0.05, 0) is 52.1 Å². The van der Waals surface area contributed by atoms with E-state index in [9.17, 15) is 4.79 Å². The average Bonchev–Trinajstić information content (AvgIpc) is 3.10. The zero-order chi connectivity index (χ0) is 18.0. The molecule has 0 saturated carbocycles. The van der Waals surface area contributed by atoms with E-state index >= 15 is 0 Å². The van der Waals surface area contributed by atoms with Crippen molar-refractivity contribution in [3.8, 4) is 0 Å². The number of amides is 1. The molecular weight excluding hydrogens is 336 g/mol. The maximum atomic E-state index is 12.7. The van der Waals surface area contributed by atoms with Crippen LogP contribution in [0.1, 0.15) is 59.6 Å². The number of hydrogen-bond donors (Lipinski definition) is 2. The molecular formula is C17H26N6OS. The summed E-state index contributed by atoms with van der Waals surface area (Å²) >= 11 is 1.51. The van der Waals surface area contributed by atoms with Gasteiger partial charge in [-0.15, -0.1) is 16.4 Å². The molecule has 1 saturated heterocycles. The fourth-order valence-electron chi connectivity index (χ4n) is 3.20. The Hall–Kier alpha value is -1.80. The van der Waals surface area contributed by atoms with Gasteiger partial charge in [0.05, 0.1) is 22.4 Å². The molecule has 1 fully saturated rings. The van der Waals surface area contributed by atoms with E-state index < -0.39 is 0 Å². The van der Waals surface area contributed by atoms with Crippen molar-refractivity contribution in [2.45, 2.75) is 53.0 Å². The highest BCUT2D eigenvalue weighted by molar-refractivity contribution is 7.16. The second-order valence-corrected chi connectivity index (χ2v) is 8.21. The molecule has 2 N–H and O–H groups in total. The molecule has 7 nitrogen and oxygen atoms in total. The largest absolute Gasteiger partial charge is 0.317 e. The maximum absolute atomic E-state index is 12.7. The molecule has 1 aliphatic heterocycles. The van der Waals surface area contributed by atoms with E-state index in [-0.39, 0.29) is 5.91 Å². The van der Waals surface area contributed by atoms with Crippen molar-refractivity contribution in [2.24, 2.45) is 5.92 Å². The van der Waals surface area contributed by atoms with Crippen LogP contribution in [0.5, 0.6) is 0 Å². The van der Waals surface area contributed by atoms with E-state index in [0.717, 1.165) is 53.7 Å². The topological polar surface area (TPSA) is 84.7 Å². The fourth-order valence-corrected chi connectivity index (χ4v) is 4.05. The first-order valence-corrected chi connectivity index (χ1v) is 9.67. The van der Waals surface area contributed by atoms with Gasteiger partial charge in [-0.25, -0.2) is 9.67 Å². The van der Waals surface area contributed by atoms with Crippen LogP contribution in [-0.2, 0) is 6.42 Å². The van der Waals surface area contributed by atoms with Crippen LogP contribution in [-0.4, -0.2) is 39.0 Å². The van der Waals surface area contributed by atoms with E-state index in [2.05, 4.69) is 39.8 Å². The quantitative estimate of drug-likeness (QED) is 0.854. The first-order valence-electron chi connectivity index (χ1n) is 8.86. The number of nitrogens with one attached hydrogen (secondary N) is 2. The van der Waals surface area contributed by atoms with Crippen LogP contribution in [0.25, 0.3) is 0 Å². The number of aromatic nitrogens is 4. The lowest BCUT2D eigenvalue weighted by atomic mass is 10.1.